The molecule has 3 aromatic carbocycles. The molecular weight excluding hydrogens is 320 g/mol. The summed E-state index contributed by atoms with van der Waals surface area (Å²) in [7, 11) is 2.00. The number of benzene rings is 3. The van der Waals surface area contributed by atoms with Crippen molar-refractivity contribution in [3.05, 3.63) is 84.7 Å². The quantitative estimate of drug-likeness (QED) is 0.461. The lowest BCUT2D eigenvalue weighted by molar-refractivity contribution is 0.948. The van der Waals surface area contributed by atoms with Crippen molar-refractivity contribution in [1.29, 1.82) is 0 Å². The summed E-state index contributed by atoms with van der Waals surface area (Å²) in [5, 5.41) is 0. The molecule has 0 saturated heterocycles. The Balaban J connectivity index is 0.000000144. The summed E-state index contributed by atoms with van der Waals surface area (Å²) in [6.45, 7) is 2.09. The largest absolute Gasteiger partial charge is 0.338 e. The molecule has 0 aliphatic carbocycles. The molecule has 2 aromatic heterocycles. The fraction of sp³-hybridized carbons (Fsp3) is 0.0909. The normalized spacial score (nSPS) is 10.7. The van der Waals surface area contributed by atoms with E-state index in [9.17, 15) is 0 Å². The van der Waals surface area contributed by atoms with Crippen molar-refractivity contribution >= 4 is 22.1 Å². The molecular formula is C22H20N4. The van der Waals surface area contributed by atoms with Gasteiger partial charge >= 0.3 is 0 Å². The van der Waals surface area contributed by atoms with Crippen molar-refractivity contribution in [3.63, 3.8) is 0 Å². The van der Waals surface area contributed by atoms with Crippen LogP contribution in [0.15, 0.2) is 79.1 Å². The Bertz CT molecular complexity index is 1150. The van der Waals surface area contributed by atoms with Crippen LogP contribution in [0.25, 0.3) is 33.5 Å². The number of aromatic nitrogens is 4. The standard InChI is InChI=1S/C14H12N2.C8H8N2/c1-10-7-8-12-13(9-10)16-14(15-12)11-5-3-2-4-6-11;1-10-6-9-7-4-2-3-5-8(7)10/h2-9H,1H3,(H,15,16);2-6H,1H3. The third-order valence-corrected chi connectivity index (χ3v) is 4.32. The predicted octanol–water partition coefficient (Wildman–Crippen LogP) is 5.11. The molecule has 0 aliphatic rings. The first-order chi connectivity index (χ1) is 12.7. The first-order valence-electron chi connectivity index (χ1n) is 8.58. The fourth-order valence-electron chi connectivity index (χ4n) is 2.94. The Morgan fingerprint density at radius 3 is 2.42 bits per heavy atom. The topological polar surface area (TPSA) is 46.5 Å². The average Bonchev–Trinajstić information content (AvgIpc) is 3.27. The lowest BCUT2D eigenvalue weighted by atomic mass is 10.2. The monoisotopic (exact) mass is 340 g/mol. The Kier molecular flexibility index (Phi) is 4.23. The molecule has 0 saturated carbocycles. The van der Waals surface area contributed by atoms with E-state index in [1.807, 2.05) is 60.4 Å². The minimum Gasteiger partial charge on any atom is -0.338 e. The Hall–Kier alpha value is -3.40. The summed E-state index contributed by atoms with van der Waals surface area (Å²) in [6, 6.07) is 24.5. The maximum absolute atomic E-state index is 4.57. The molecule has 0 radical (unpaired) electrons. The molecule has 128 valence electrons. The van der Waals surface area contributed by atoms with E-state index in [0.717, 1.165) is 27.9 Å². The van der Waals surface area contributed by atoms with E-state index in [1.165, 1.54) is 11.1 Å². The van der Waals surface area contributed by atoms with Gasteiger partial charge in [0.05, 0.1) is 28.4 Å². The van der Waals surface area contributed by atoms with Gasteiger partial charge in [-0.1, -0.05) is 48.5 Å². The molecule has 0 atom stereocenters. The lowest BCUT2D eigenvalue weighted by Gasteiger charge is -1.93. The number of H-pyrrole nitrogens is 1. The van der Waals surface area contributed by atoms with Crippen LogP contribution in [-0.2, 0) is 7.05 Å². The van der Waals surface area contributed by atoms with Gasteiger partial charge in [0.2, 0.25) is 0 Å². The minimum atomic E-state index is 0.932. The van der Waals surface area contributed by atoms with Gasteiger partial charge in [0, 0.05) is 12.6 Å². The second-order valence-corrected chi connectivity index (χ2v) is 6.32. The van der Waals surface area contributed by atoms with Crippen molar-refractivity contribution in [2.24, 2.45) is 7.05 Å². The van der Waals surface area contributed by atoms with E-state index >= 15 is 0 Å². The van der Waals surface area contributed by atoms with Gasteiger partial charge in [-0.2, -0.15) is 0 Å². The number of aromatic amines is 1. The van der Waals surface area contributed by atoms with Gasteiger partial charge in [-0.05, 0) is 36.8 Å². The van der Waals surface area contributed by atoms with Crippen LogP contribution in [0.5, 0.6) is 0 Å². The van der Waals surface area contributed by atoms with Gasteiger partial charge in [0.1, 0.15) is 5.82 Å². The highest BCUT2D eigenvalue weighted by Gasteiger charge is 2.04. The summed E-state index contributed by atoms with van der Waals surface area (Å²) in [5.74, 6) is 0.932. The highest BCUT2D eigenvalue weighted by molar-refractivity contribution is 5.80. The van der Waals surface area contributed by atoms with Gasteiger partial charge in [-0.25, -0.2) is 9.97 Å². The zero-order chi connectivity index (χ0) is 17.9. The van der Waals surface area contributed by atoms with Gasteiger partial charge in [0.25, 0.3) is 0 Å². The van der Waals surface area contributed by atoms with Crippen molar-refractivity contribution < 1.29 is 0 Å². The third kappa shape index (κ3) is 3.22. The molecule has 1 N–H and O–H groups in total. The highest BCUT2D eigenvalue weighted by Crippen LogP contribution is 2.20. The minimum absolute atomic E-state index is 0.932. The average molecular weight is 340 g/mol. The van der Waals surface area contributed by atoms with Gasteiger partial charge in [-0.3, -0.25) is 0 Å². The Morgan fingerprint density at radius 1 is 0.846 bits per heavy atom. The van der Waals surface area contributed by atoms with E-state index in [4.69, 9.17) is 0 Å². The van der Waals surface area contributed by atoms with Crippen molar-refractivity contribution in [2.45, 2.75) is 6.92 Å². The number of hydrogen-bond donors (Lipinski definition) is 1. The summed E-state index contributed by atoms with van der Waals surface area (Å²) >= 11 is 0. The fourth-order valence-corrected chi connectivity index (χ4v) is 2.94. The zero-order valence-corrected chi connectivity index (χ0v) is 14.8. The van der Waals surface area contributed by atoms with Crippen molar-refractivity contribution in [1.82, 2.24) is 19.5 Å². The van der Waals surface area contributed by atoms with Crippen LogP contribution in [0.4, 0.5) is 0 Å². The van der Waals surface area contributed by atoms with Crippen molar-refractivity contribution in [3.8, 4) is 11.4 Å². The van der Waals surface area contributed by atoms with E-state index in [1.54, 1.807) is 0 Å². The van der Waals surface area contributed by atoms with Crippen LogP contribution < -0.4 is 0 Å². The first-order valence-corrected chi connectivity index (χ1v) is 8.58. The van der Waals surface area contributed by atoms with Crippen LogP contribution >= 0.6 is 0 Å². The second kappa shape index (κ2) is 6.84. The molecule has 4 nitrogen and oxygen atoms in total. The molecule has 0 amide bonds. The van der Waals surface area contributed by atoms with Gasteiger partial charge in [0.15, 0.2) is 0 Å². The Morgan fingerprint density at radius 2 is 1.62 bits per heavy atom. The SMILES string of the molecule is Cc1ccc2nc(-c3ccccc3)[nH]c2c1.Cn1cnc2ccccc21. The molecule has 0 fully saturated rings. The number of para-hydroxylation sites is 2. The molecule has 26 heavy (non-hydrogen) atoms. The molecule has 2 heterocycles. The van der Waals surface area contributed by atoms with Gasteiger partial charge in [-0.15, -0.1) is 0 Å². The van der Waals surface area contributed by atoms with E-state index in [2.05, 4.69) is 52.2 Å². The highest BCUT2D eigenvalue weighted by atomic mass is 15.0. The maximum atomic E-state index is 4.57. The van der Waals surface area contributed by atoms with E-state index in [0.29, 0.717) is 0 Å². The molecule has 0 spiro atoms. The maximum Gasteiger partial charge on any atom is 0.138 e. The number of hydrogen-bond acceptors (Lipinski definition) is 2. The number of nitrogens with zero attached hydrogens (tertiary/aromatic N) is 3. The van der Waals surface area contributed by atoms with Crippen LogP contribution in [-0.4, -0.2) is 19.5 Å². The third-order valence-electron chi connectivity index (χ3n) is 4.32. The number of aryl methyl sites for hydroxylation is 2. The first kappa shape index (κ1) is 16.1. The molecule has 0 unspecified atom stereocenters. The van der Waals surface area contributed by atoms with E-state index < -0.39 is 0 Å². The lowest BCUT2D eigenvalue weighted by Crippen LogP contribution is -1.81. The number of imidazole rings is 2. The van der Waals surface area contributed by atoms with Crippen LogP contribution in [0.2, 0.25) is 0 Å². The summed E-state index contributed by atoms with van der Waals surface area (Å²) < 4.78 is 2.01. The molecule has 0 bridgehead atoms. The van der Waals surface area contributed by atoms with Crippen molar-refractivity contribution in [2.75, 3.05) is 0 Å². The van der Waals surface area contributed by atoms with Crippen LogP contribution in [0.3, 0.4) is 0 Å². The summed E-state index contributed by atoms with van der Waals surface area (Å²) in [4.78, 5) is 12.1. The summed E-state index contributed by atoms with van der Waals surface area (Å²) in [5.41, 5.74) is 6.72. The number of nitrogens with one attached hydrogen (secondary N) is 1. The molecule has 5 rings (SSSR count). The molecule has 4 heteroatoms. The molecule has 5 aromatic rings. The smallest absolute Gasteiger partial charge is 0.138 e. The van der Waals surface area contributed by atoms with Gasteiger partial charge < -0.3 is 9.55 Å². The second-order valence-electron chi connectivity index (χ2n) is 6.32. The van der Waals surface area contributed by atoms with Crippen LogP contribution in [0.1, 0.15) is 5.56 Å². The van der Waals surface area contributed by atoms with Crippen LogP contribution in [0, 0.1) is 6.92 Å². The number of fused-ring (bicyclic) bond motifs is 2. The number of rotatable bonds is 1. The zero-order valence-electron chi connectivity index (χ0n) is 14.8. The molecule has 0 aliphatic heterocycles. The Labute approximate surface area is 152 Å². The predicted molar refractivity (Wildman–Crippen MR) is 107 cm³/mol. The van der Waals surface area contributed by atoms with E-state index in [-0.39, 0.29) is 0 Å². The summed E-state index contributed by atoms with van der Waals surface area (Å²) in [6.07, 6.45) is 1.82.